The number of hydrogen-bond donors (Lipinski definition) is 1. The van der Waals surface area contributed by atoms with Gasteiger partial charge in [-0.1, -0.05) is 13.8 Å². The second-order valence-corrected chi connectivity index (χ2v) is 3.88. The molecule has 0 saturated carbocycles. The van der Waals surface area contributed by atoms with E-state index >= 15 is 0 Å². The maximum absolute atomic E-state index is 10.3. The van der Waals surface area contributed by atoms with Crippen molar-refractivity contribution in [1.29, 1.82) is 0 Å². The van der Waals surface area contributed by atoms with Crippen molar-refractivity contribution >= 4 is 6.09 Å². The van der Waals surface area contributed by atoms with Crippen molar-refractivity contribution in [3.63, 3.8) is 0 Å². The Hall–Kier alpha value is -1.21. The van der Waals surface area contributed by atoms with Gasteiger partial charge in [0.2, 0.25) is 0 Å². The number of rotatable bonds is 3. The van der Waals surface area contributed by atoms with Gasteiger partial charge in [0.05, 0.1) is 0 Å². The summed E-state index contributed by atoms with van der Waals surface area (Å²) in [6.45, 7) is 8.10. The lowest BCUT2D eigenvalue weighted by Gasteiger charge is -2.17. The summed E-state index contributed by atoms with van der Waals surface area (Å²) in [5.74, 6) is 0. The molecule has 0 aromatic heterocycles. The maximum Gasteiger partial charge on any atom is 0.404 e. The number of ether oxygens (including phenoxy) is 1. The fraction of sp³-hybridized carbons (Fsp3) is 0.600. The van der Waals surface area contributed by atoms with Gasteiger partial charge in [0.25, 0.3) is 0 Å². The minimum absolute atomic E-state index is 0.216. The Morgan fingerprint density at radius 3 is 2.46 bits per heavy atom. The Balaban J connectivity index is 4.24. The fourth-order valence-corrected chi connectivity index (χ4v) is 0.639. The summed E-state index contributed by atoms with van der Waals surface area (Å²) >= 11 is 0. The van der Waals surface area contributed by atoms with Gasteiger partial charge in [-0.25, -0.2) is 4.79 Å². The molecule has 0 aliphatic carbocycles. The zero-order valence-electron chi connectivity index (χ0n) is 8.68. The highest BCUT2D eigenvalue weighted by atomic mass is 16.5. The lowest BCUT2D eigenvalue weighted by molar-refractivity contribution is 0.125. The normalized spacial score (nSPS) is 10.2. The molecule has 3 nitrogen and oxygen atoms in total. The number of amides is 1. The van der Waals surface area contributed by atoms with Gasteiger partial charge in [0.15, 0.2) is 0 Å². The zero-order valence-corrected chi connectivity index (χ0v) is 8.68. The van der Waals surface area contributed by atoms with E-state index < -0.39 is 6.09 Å². The van der Waals surface area contributed by atoms with Crippen molar-refractivity contribution in [2.24, 2.45) is 11.1 Å². The van der Waals surface area contributed by atoms with Crippen LogP contribution in [0.25, 0.3) is 0 Å². The van der Waals surface area contributed by atoms with E-state index in [9.17, 15) is 4.79 Å². The Morgan fingerprint density at radius 2 is 2.08 bits per heavy atom. The lowest BCUT2D eigenvalue weighted by atomic mass is 9.95. The predicted octanol–water partition coefficient (Wildman–Crippen LogP) is 2.23. The standard InChI is InChI=1S/C10H17NO2/c1-8(2)5-6-10(3,4)7-13-9(11)12/h6H,7H2,1-4H3,(H2,11,12). The van der Waals surface area contributed by atoms with Gasteiger partial charge in [0, 0.05) is 5.41 Å². The molecular formula is C10H17NO2. The molecular weight excluding hydrogens is 166 g/mol. The predicted molar refractivity (Wildman–Crippen MR) is 52.3 cm³/mol. The quantitative estimate of drug-likeness (QED) is 0.682. The molecule has 0 aliphatic rings. The van der Waals surface area contributed by atoms with Crippen LogP contribution in [0.5, 0.6) is 0 Å². The molecule has 3 heteroatoms. The van der Waals surface area contributed by atoms with Crippen molar-refractivity contribution < 1.29 is 9.53 Å². The highest BCUT2D eigenvalue weighted by Gasteiger charge is 2.15. The van der Waals surface area contributed by atoms with E-state index in [4.69, 9.17) is 10.5 Å². The van der Waals surface area contributed by atoms with Crippen LogP contribution in [0.15, 0.2) is 17.4 Å². The highest BCUT2D eigenvalue weighted by Crippen LogP contribution is 2.16. The molecule has 0 radical (unpaired) electrons. The molecule has 74 valence electrons. The van der Waals surface area contributed by atoms with Crippen LogP contribution in [0.4, 0.5) is 4.79 Å². The molecule has 0 atom stereocenters. The van der Waals surface area contributed by atoms with Crippen molar-refractivity contribution in [3.8, 4) is 0 Å². The fourth-order valence-electron chi connectivity index (χ4n) is 0.639. The third kappa shape index (κ3) is 7.16. The van der Waals surface area contributed by atoms with E-state index in [-0.39, 0.29) is 12.0 Å². The van der Waals surface area contributed by atoms with Crippen LogP contribution in [0.1, 0.15) is 27.7 Å². The average Bonchev–Trinajstić information content (AvgIpc) is 1.98. The first-order valence-corrected chi connectivity index (χ1v) is 4.17. The molecule has 0 rings (SSSR count). The lowest BCUT2D eigenvalue weighted by Crippen LogP contribution is -2.22. The summed E-state index contributed by atoms with van der Waals surface area (Å²) < 4.78 is 4.70. The Kier molecular flexibility index (Phi) is 4.29. The molecule has 0 aromatic carbocycles. The number of hydrogen-bond acceptors (Lipinski definition) is 2. The summed E-state index contributed by atoms with van der Waals surface area (Å²) in [5, 5.41) is 0. The van der Waals surface area contributed by atoms with Gasteiger partial charge in [0.1, 0.15) is 6.61 Å². The second kappa shape index (κ2) is 4.73. The Labute approximate surface area is 79.3 Å². The van der Waals surface area contributed by atoms with E-state index in [1.165, 1.54) is 0 Å². The SMILES string of the molecule is CC(C)=C=CC(C)(C)COC(N)=O. The van der Waals surface area contributed by atoms with Gasteiger partial charge in [-0.3, -0.25) is 0 Å². The monoisotopic (exact) mass is 183 g/mol. The first-order chi connectivity index (χ1) is 5.83. The van der Waals surface area contributed by atoms with E-state index in [1.807, 2.05) is 33.8 Å². The minimum Gasteiger partial charge on any atom is -0.449 e. The zero-order chi connectivity index (χ0) is 10.5. The number of nitrogens with two attached hydrogens (primary N) is 1. The topological polar surface area (TPSA) is 52.3 Å². The van der Waals surface area contributed by atoms with Crippen LogP contribution in [-0.4, -0.2) is 12.7 Å². The van der Waals surface area contributed by atoms with Crippen LogP contribution >= 0.6 is 0 Å². The molecule has 0 heterocycles. The second-order valence-electron chi connectivity index (χ2n) is 3.88. The largest absolute Gasteiger partial charge is 0.449 e. The van der Waals surface area contributed by atoms with Crippen LogP contribution in [-0.2, 0) is 4.74 Å². The Morgan fingerprint density at radius 1 is 1.54 bits per heavy atom. The highest BCUT2D eigenvalue weighted by molar-refractivity contribution is 5.64. The van der Waals surface area contributed by atoms with E-state index in [1.54, 1.807) is 0 Å². The Bertz CT molecular complexity index is 244. The van der Waals surface area contributed by atoms with Crippen LogP contribution in [0, 0.1) is 5.41 Å². The molecule has 0 fully saturated rings. The summed E-state index contributed by atoms with van der Waals surface area (Å²) in [5.41, 5.74) is 8.80. The van der Waals surface area contributed by atoms with Gasteiger partial charge in [-0.15, -0.1) is 5.73 Å². The van der Waals surface area contributed by atoms with Crippen molar-refractivity contribution in [1.82, 2.24) is 0 Å². The van der Waals surface area contributed by atoms with Gasteiger partial charge in [-0.05, 0) is 25.5 Å². The molecule has 0 unspecified atom stereocenters. The van der Waals surface area contributed by atoms with Crippen LogP contribution < -0.4 is 5.73 Å². The van der Waals surface area contributed by atoms with Crippen molar-refractivity contribution in [3.05, 3.63) is 17.4 Å². The average molecular weight is 183 g/mol. The third-order valence-electron chi connectivity index (χ3n) is 1.34. The van der Waals surface area contributed by atoms with Crippen molar-refractivity contribution in [2.75, 3.05) is 6.61 Å². The van der Waals surface area contributed by atoms with E-state index in [0.717, 1.165) is 5.57 Å². The first-order valence-electron chi connectivity index (χ1n) is 4.17. The molecule has 1 amide bonds. The minimum atomic E-state index is -0.737. The smallest absolute Gasteiger partial charge is 0.404 e. The van der Waals surface area contributed by atoms with E-state index in [2.05, 4.69) is 5.73 Å². The maximum atomic E-state index is 10.3. The van der Waals surface area contributed by atoms with Gasteiger partial charge in [-0.2, -0.15) is 0 Å². The summed E-state index contributed by atoms with van der Waals surface area (Å²) in [6.07, 6.45) is 1.14. The van der Waals surface area contributed by atoms with Gasteiger partial charge >= 0.3 is 6.09 Å². The molecule has 13 heavy (non-hydrogen) atoms. The molecule has 0 spiro atoms. The summed E-state index contributed by atoms with van der Waals surface area (Å²) in [4.78, 5) is 10.3. The molecule has 0 aliphatic heterocycles. The van der Waals surface area contributed by atoms with Crippen molar-refractivity contribution in [2.45, 2.75) is 27.7 Å². The molecule has 0 saturated heterocycles. The summed E-state index contributed by atoms with van der Waals surface area (Å²) in [6, 6.07) is 0. The van der Waals surface area contributed by atoms with Gasteiger partial charge < -0.3 is 10.5 Å². The molecule has 0 bridgehead atoms. The van der Waals surface area contributed by atoms with Crippen LogP contribution in [0.3, 0.4) is 0 Å². The van der Waals surface area contributed by atoms with Crippen LogP contribution in [0.2, 0.25) is 0 Å². The number of primary amides is 1. The third-order valence-corrected chi connectivity index (χ3v) is 1.34. The van der Waals surface area contributed by atoms with E-state index in [0.29, 0.717) is 0 Å². The molecule has 2 N–H and O–H groups in total. The first kappa shape index (κ1) is 11.8. The number of carbonyl (C=O) groups is 1. The number of carbonyl (C=O) groups excluding carboxylic acids is 1. The summed E-state index contributed by atoms with van der Waals surface area (Å²) in [7, 11) is 0. The molecule has 0 aromatic rings.